The Balaban J connectivity index is 0.00000212. The number of amides is 4. The molecular formula is C39H33ClN4O6+2. The summed E-state index contributed by atoms with van der Waals surface area (Å²) in [5, 5.41) is 11.3. The van der Waals surface area contributed by atoms with Crippen LogP contribution in [0.2, 0.25) is 0 Å². The van der Waals surface area contributed by atoms with Gasteiger partial charge in [0.05, 0.1) is 45.6 Å². The molecule has 0 unspecified atom stereocenters. The molecule has 50 heavy (non-hydrogen) atoms. The summed E-state index contributed by atoms with van der Waals surface area (Å²) >= 11 is 4.64. The number of quaternary nitrogens is 1. The van der Waals surface area contributed by atoms with Crippen LogP contribution < -0.4 is 10.2 Å². The lowest BCUT2D eigenvalue weighted by molar-refractivity contribution is -0.493. The molecule has 0 spiro atoms. The molecule has 4 aromatic rings. The van der Waals surface area contributed by atoms with E-state index in [4.69, 9.17) is 0 Å². The van der Waals surface area contributed by atoms with Crippen molar-refractivity contribution in [3.63, 3.8) is 0 Å². The van der Waals surface area contributed by atoms with Crippen LogP contribution in [-0.4, -0.2) is 63.3 Å². The van der Waals surface area contributed by atoms with Gasteiger partial charge in [-0.15, -0.1) is 11.6 Å². The van der Waals surface area contributed by atoms with Crippen LogP contribution in [0, 0.1) is 6.92 Å². The van der Waals surface area contributed by atoms with Crippen molar-refractivity contribution in [3.8, 4) is 0 Å². The van der Waals surface area contributed by atoms with Crippen molar-refractivity contribution in [3.05, 3.63) is 142 Å². The highest BCUT2D eigenvalue weighted by atomic mass is 35.5. The van der Waals surface area contributed by atoms with Gasteiger partial charge in [-0.05, 0) is 67.5 Å². The van der Waals surface area contributed by atoms with Crippen molar-refractivity contribution >= 4 is 69.7 Å². The van der Waals surface area contributed by atoms with Crippen molar-refractivity contribution < 1.29 is 39.0 Å². The van der Waals surface area contributed by atoms with Crippen molar-refractivity contribution in [1.29, 1.82) is 0 Å². The molecule has 4 aromatic carbocycles. The summed E-state index contributed by atoms with van der Waals surface area (Å²) in [6, 6.07) is 23.7. The number of nitrogens with two attached hydrogens (primary N) is 1. The Morgan fingerprint density at radius 3 is 1.74 bits per heavy atom. The highest BCUT2D eigenvalue weighted by Crippen LogP contribution is 2.37. The van der Waals surface area contributed by atoms with Crippen LogP contribution in [0.3, 0.4) is 0 Å². The van der Waals surface area contributed by atoms with Gasteiger partial charge < -0.3 is 5.11 Å². The summed E-state index contributed by atoms with van der Waals surface area (Å²) in [6.07, 6.45) is 5.71. The van der Waals surface area contributed by atoms with Crippen LogP contribution in [0.4, 0.5) is 22.7 Å². The zero-order valence-electron chi connectivity index (χ0n) is 27.7. The molecule has 0 aromatic heterocycles. The first-order valence-electron chi connectivity index (χ1n) is 15.7. The fraction of sp³-hybridized carbons (Fsp3) is 0.128. The minimum absolute atomic E-state index is 0.152. The molecule has 7 rings (SSSR count). The van der Waals surface area contributed by atoms with Crippen LogP contribution in [0.15, 0.2) is 108 Å². The average molecular weight is 689 g/mol. The Morgan fingerprint density at radius 2 is 1.26 bits per heavy atom. The smallest absolute Gasteiger partial charge is 0.335 e. The summed E-state index contributed by atoms with van der Waals surface area (Å²) in [6.45, 7) is 3.70. The number of alkyl halides is 1. The lowest BCUT2D eigenvalue weighted by Crippen LogP contribution is -2.71. The molecule has 0 bridgehead atoms. The minimum atomic E-state index is -1.03. The number of carboxylic acid groups (broad SMARTS) is 1. The predicted octanol–water partition coefficient (Wildman–Crippen LogP) is 6.12. The maximum Gasteiger partial charge on any atom is 0.335 e. The standard InChI is InChI=1S/C38H28N4O6.CH3Cl/c1-21-18-25(16-17-31(21)41-34(43)26-8-4-5-9-27(26)35(41)44)40(3)33-19-22(2)32(42-36(45)28-10-6-7-11-29(28)37(42)46)20-30(33)39-24-14-12-23(13-15-24)38(47)48;1-2/h4-15,17-20,39H,16H2,1-3H3;1H3/p+2. The zero-order chi connectivity index (χ0) is 35.9. The molecule has 0 saturated carbocycles. The van der Waals surface area contributed by atoms with E-state index in [2.05, 4.69) is 11.6 Å². The molecular weight excluding hydrogens is 656 g/mol. The second kappa shape index (κ2) is 13.5. The van der Waals surface area contributed by atoms with E-state index >= 15 is 0 Å². The van der Waals surface area contributed by atoms with E-state index in [9.17, 15) is 29.1 Å². The lowest BCUT2D eigenvalue weighted by atomic mass is 10.0. The number of halogens is 1. The average Bonchev–Trinajstić information content (AvgIpc) is 3.53. The molecule has 10 nitrogen and oxygen atoms in total. The maximum atomic E-state index is 13.4. The maximum absolute atomic E-state index is 13.4. The fourth-order valence-corrected chi connectivity index (χ4v) is 6.46. The fourth-order valence-electron chi connectivity index (χ4n) is 6.46. The van der Waals surface area contributed by atoms with E-state index in [0.29, 0.717) is 51.3 Å². The third-order valence-electron chi connectivity index (χ3n) is 8.98. The molecule has 4 amide bonds. The highest BCUT2D eigenvalue weighted by molar-refractivity contribution is 6.34. The first-order chi connectivity index (χ1) is 24.0. The molecule has 0 radical (unpaired) electrons. The molecule has 0 fully saturated rings. The van der Waals surface area contributed by atoms with Crippen molar-refractivity contribution in [1.82, 2.24) is 4.90 Å². The van der Waals surface area contributed by atoms with Gasteiger partial charge in [0, 0.05) is 36.7 Å². The summed E-state index contributed by atoms with van der Waals surface area (Å²) in [7, 11) is 1.90. The van der Waals surface area contributed by atoms with Gasteiger partial charge >= 0.3 is 5.97 Å². The Bertz CT molecular complexity index is 2170. The number of imide groups is 2. The van der Waals surface area contributed by atoms with E-state index < -0.39 is 17.8 Å². The van der Waals surface area contributed by atoms with E-state index in [1.165, 1.54) is 28.3 Å². The Labute approximate surface area is 293 Å². The monoisotopic (exact) mass is 688 g/mol. The normalized spacial score (nSPS) is 16.0. The van der Waals surface area contributed by atoms with Crippen LogP contribution in [0.5, 0.6) is 0 Å². The van der Waals surface area contributed by atoms with E-state index in [0.717, 1.165) is 22.7 Å². The van der Waals surface area contributed by atoms with Crippen molar-refractivity contribution in [2.75, 3.05) is 18.3 Å². The first kappa shape index (κ1) is 33.9. The molecule has 0 saturated heterocycles. The number of nitrogens with zero attached hydrogens (tertiary/aromatic N) is 3. The van der Waals surface area contributed by atoms with Gasteiger partial charge in [0.25, 0.3) is 29.3 Å². The molecule has 11 heteroatoms. The minimum Gasteiger partial charge on any atom is -0.478 e. The Kier molecular flexibility index (Phi) is 9.16. The van der Waals surface area contributed by atoms with Gasteiger partial charge in [0.15, 0.2) is 5.71 Å². The number of hydrogen-bond donors (Lipinski definition) is 2. The lowest BCUT2D eigenvalue weighted by Gasteiger charge is -2.22. The third-order valence-corrected chi connectivity index (χ3v) is 8.98. The number of aryl methyl sites for hydroxylation is 1. The van der Waals surface area contributed by atoms with Gasteiger partial charge in [-0.2, -0.15) is 4.58 Å². The molecule has 2 heterocycles. The third kappa shape index (κ3) is 5.74. The summed E-state index contributed by atoms with van der Waals surface area (Å²) in [5.41, 5.74) is 7.10. The summed E-state index contributed by atoms with van der Waals surface area (Å²) in [4.78, 5) is 67.2. The van der Waals surface area contributed by atoms with E-state index in [1.807, 2.05) is 49.0 Å². The first-order valence-corrected chi connectivity index (χ1v) is 16.5. The summed E-state index contributed by atoms with van der Waals surface area (Å²) < 4.78 is 2.00. The number of aromatic carboxylic acids is 1. The van der Waals surface area contributed by atoms with Crippen LogP contribution in [0.25, 0.3) is 0 Å². The van der Waals surface area contributed by atoms with Crippen molar-refractivity contribution in [2.45, 2.75) is 20.3 Å². The highest BCUT2D eigenvalue weighted by Gasteiger charge is 2.40. The Hall–Kier alpha value is -5.97. The van der Waals surface area contributed by atoms with Gasteiger partial charge in [-0.3, -0.25) is 24.5 Å². The number of rotatable bonds is 6. The number of carbonyl (C=O) groups excluding carboxylic acids is 4. The van der Waals surface area contributed by atoms with Crippen molar-refractivity contribution in [2.24, 2.45) is 0 Å². The van der Waals surface area contributed by atoms with E-state index in [-0.39, 0.29) is 17.4 Å². The molecule has 2 aliphatic heterocycles. The van der Waals surface area contributed by atoms with Gasteiger partial charge in [-0.25, -0.2) is 14.6 Å². The quantitative estimate of drug-likeness (QED) is 0.109. The number of hydrogen-bond acceptors (Lipinski definition) is 5. The number of carbonyl (C=O) groups is 5. The molecule has 0 atom stereocenters. The molecule has 3 aliphatic rings. The predicted molar refractivity (Wildman–Crippen MR) is 189 cm³/mol. The van der Waals surface area contributed by atoms with Crippen LogP contribution >= 0.6 is 11.6 Å². The van der Waals surface area contributed by atoms with Gasteiger partial charge in [0.1, 0.15) is 12.7 Å². The largest absolute Gasteiger partial charge is 0.478 e. The van der Waals surface area contributed by atoms with Crippen LogP contribution in [-0.2, 0) is 0 Å². The second-order valence-electron chi connectivity index (χ2n) is 11.9. The summed E-state index contributed by atoms with van der Waals surface area (Å²) in [5.74, 6) is -2.53. The van der Waals surface area contributed by atoms with Crippen LogP contribution in [0.1, 0.15) is 70.7 Å². The van der Waals surface area contributed by atoms with Gasteiger partial charge in [-0.1, -0.05) is 24.3 Å². The molecule has 250 valence electrons. The second-order valence-corrected chi connectivity index (χ2v) is 11.9. The molecule has 1 aliphatic carbocycles. The Morgan fingerprint density at radius 1 is 0.760 bits per heavy atom. The number of anilines is 1. The SMILES string of the molecule is CC1=CC(=[N+](C)c2cc(C)c(N3C(=O)c4ccccc4C3=O)cc2[NH2+]c2ccc(C(=O)O)cc2)CC=C1N1C(=O)c2ccccc2C1=O.CCl. The molecule has 3 N–H and O–H groups in total. The number of benzene rings is 4. The zero-order valence-corrected chi connectivity index (χ0v) is 28.5. The van der Waals surface area contributed by atoms with Gasteiger partial charge in [0.2, 0.25) is 5.69 Å². The number of fused-ring (bicyclic) bond motifs is 2. The van der Waals surface area contributed by atoms with E-state index in [1.54, 1.807) is 66.7 Å². The topological polar surface area (TPSA) is 132 Å². The number of carboxylic acids is 1. The number of allylic oxidation sites excluding steroid dienone is 3.